The van der Waals surface area contributed by atoms with E-state index in [1.165, 1.54) is 0 Å². The first kappa shape index (κ1) is 8.95. The number of rotatable bonds is 4. The number of carbonyl (C=O) groups is 1. The zero-order valence-electron chi connectivity index (χ0n) is 5.33. The van der Waals surface area contributed by atoms with Crippen molar-refractivity contribution in [2.45, 2.75) is 23.6 Å². The number of aliphatic carboxylic acids is 1. The first-order valence-corrected chi connectivity index (χ1v) is 5.58. The Morgan fingerprint density at radius 2 is 2.44 bits per heavy atom. The number of hydrogen-bond donors (Lipinski definition) is 2. The fourth-order valence-electron chi connectivity index (χ4n) is 0.368. The van der Waals surface area contributed by atoms with Crippen LogP contribution in [0.3, 0.4) is 0 Å². The van der Waals surface area contributed by atoms with Crippen LogP contribution in [-0.2, 0) is 4.79 Å². The molecule has 0 heterocycles. The fourth-order valence-corrected chi connectivity index (χ4v) is 1.40. The molecule has 0 amide bonds. The SMILES string of the molecule is C[74Se]CCC(N)C(=O)O. The van der Waals surface area contributed by atoms with Crippen molar-refractivity contribution in [2.75, 3.05) is 0 Å². The molecule has 1 unspecified atom stereocenters. The van der Waals surface area contributed by atoms with Gasteiger partial charge >= 0.3 is 60.2 Å². The standard InChI is InChI=1S/C5H11NO2Se/c1-9-3-2-4(6)5(7)8/h4H,2-3,6H2,1H3,(H,7,8)/i9-5. The van der Waals surface area contributed by atoms with Crippen molar-refractivity contribution < 1.29 is 9.90 Å². The molecule has 0 aliphatic heterocycles. The van der Waals surface area contributed by atoms with Gasteiger partial charge < -0.3 is 0 Å². The molecular formula is C5H11NO2Se. The zero-order valence-corrected chi connectivity index (χ0v) is 7.05. The first-order chi connectivity index (χ1) is 4.18. The normalized spacial score (nSPS) is 13.1. The molecule has 0 aromatic carbocycles. The molecule has 0 aliphatic rings. The molecule has 0 fully saturated rings. The van der Waals surface area contributed by atoms with Crippen LogP contribution in [0.25, 0.3) is 0 Å². The van der Waals surface area contributed by atoms with Gasteiger partial charge in [0.05, 0.1) is 0 Å². The summed E-state index contributed by atoms with van der Waals surface area (Å²) < 4.78 is 0. The van der Waals surface area contributed by atoms with Gasteiger partial charge in [-0.15, -0.1) is 0 Å². The van der Waals surface area contributed by atoms with Crippen molar-refractivity contribution >= 4 is 20.9 Å². The summed E-state index contributed by atoms with van der Waals surface area (Å²) in [5, 5.41) is 9.25. The Labute approximate surface area is 60.8 Å². The van der Waals surface area contributed by atoms with Gasteiger partial charge in [0, 0.05) is 0 Å². The van der Waals surface area contributed by atoms with E-state index >= 15 is 0 Å². The van der Waals surface area contributed by atoms with Crippen molar-refractivity contribution in [3.05, 3.63) is 0 Å². The Morgan fingerprint density at radius 3 is 2.78 bits per heavy atom. The molecule has 9 heavy (non-hydrogen) atoms. The van der Waals surface area contributed by atoms with Crippen LogP contribution in [0, 0.1) is 0 Å². The number of hydrogen-bond acceptors (Lipinski definition) is 2. The number of carboxylic acid groups (broad SMARTS) is 1. The Balaban J connectivity index is 3.27. The van der Waals surface area contributed by atoms with Gasteiger partial charge in [-0.05, 0) is 0 Å². The van der Waals surface area contributed by atoms with Crippen LogP contribution in [0.5, 0.6) is 0 Å². The first-order valence-electron chi connectivity index (χ1n) is 2.65. The molecule has 0 saturated heterocycles. The van der Waals surface area contributed by atoms with E-state index < -0.39 is 12.0 Å². The van der Waals surface area contributed by atoms with Gasteiger partial charge in [0.1, 0.15) is 0 Å². The van der Waals surface area contributed by atoms with E-state index in [1.54, 1.807) is 0 Å². The molecule has 0 spiro atoms. The third-order valence-corrected chi connectivity index (χ3v) is 2.30. The molecule has 3 nitrogen and oxygen atoms in total. The number of nitrogens with two attached hydrogens (primary N) is 1. The average molecular weight is 191 g/mol. The summed E-state index contributed by atoms with van der Waals surface area (Å²) in [5.41, 5.74) is 5.21. The average Bonchev–Trinajstić information content (AvgIpc) is 1.82. The maximum atomic E-state index is 10.1. The number of carboxylic acids is 1. The van der Waals surface area contributed by atoms with Gasteiger partial charge in [-0.2, -0.15) is 0 Å². The predicted octanol–water partition coefficient (Wildman–Crippen LogP) is -0.0410. The molecule has 0 radical (unpaired) electrons. The van der Waals surface area contributed by atoms with Gasteiger partial charge in [0.2, 0.25) is 0 Å². The molecular weight excluding hydrogens is 180 g/mol. The summed E-state index contributed by atoms with van der Waals surface area (Å²) in [6, 6.07) is -0.646. The van der Waals surface area contributed by atoms with E-state index in [2.05, 4.69) is 5.82 Å². The van der Waals surface area contributed by atoms with E-state index in [1.807, 2.05) is 0 Å². The minimum absolute atomic E-state index is 0.549. The van der Waals surface area contributed by atoms with Gasteiger partial charge in [-0.1, -0.05) is 0 Å². The van der Waals surface area contributed by atoms with Crippen LogP contribution in [-0.4, -0.2) is 32.1 Å². The van der Waals surface area contributed by atoms with Gasteiger partial charge in [0.15, 0.2) is 0 Å². The van der Waals surface area contributed by atoms with Crippen LogP contribution < -0.4 is 5.73 Å². The Bertz CT molecular complexity index is 97.0. The third-order valence-electron chi connectivity index (χ3n) is 0.950. The summed E-state index contributed by atoms with van der Waals surface area (Å²) in [7, 11) is 0. The van der Waals surface area contributed by atoms with Crippen LogP contribution in [0.15, 0.2) is 0 Å². The molecule has 54 valence electrons. The van der Waals surface area contributed by atoms with Crippen LogP contribution >= 0.6 is 0 Å². The van der Waals surface area contributed by atoms with E-state index in [9.17, 15) is 4.79 Å². The molecule has 4 heteroatoms. The summed E-state index contributed by atoms with van der Waals surface area (Å²) in [5.74, 6) is 1.18. The summed E-state index contributed by atoms with van der Waals surface area (Å²) in [4.78, 5) is 10.1. The predicted molar refractivity (Wildman–Crippen MR) is 36.7 cm³/mol. The van der Waals surface area contributed by atoms with Gasteiger partial charge in [-0.3, -0.25) is 0 Å². The van der Waals surface area contributed by atoms with Crippen molar-refractivity contribution in [3.8, 4) is 0 Å². The molecule has 0 aromatic rings. The van der Waals surface area contributed by atoms with E-state index in [4.69, 9.17) is 10.8 Å². The van der Waals surface area contributed by atoms with E-state index in [-0.39, 0.29) is 0 Å². The van der Waals surface area contributed by atoms with Crippen molar-refractivity contribution in [2.24, 2.45) is 5.73 Å². The topological polar surface area (TPSA) is 63.3 Å². The van der Waals surface area contributed by atoms with Crippen LogP contribution in [0.2, 0.25) is 11.1 Å². The summed E-state index contributed by atoms with van der Waals surface area (Å²) >= 11 is 0.549. The molecule has 0 saturated carbocycles. The van der Waals surface area contributed by atoms with Crippen LogP contribution in [0.4, 0.5) is 0 Å². The monoisotopic (exact) mass is 191 g/mol. The summed E-state index contributed by atoms with van der Waals surface area (Å²) in [6.07, 6.45) is 0.617. The molecule has 0 aliphatic carbocycles. The second kappa shape index (κ2) is 4.79. The Hall–Kier alpha value is -0.0505. The Morgan fingerprint density at radius 1 is 1.89 bits per heavy atom. The quantitative estimate of drug-likeness (QED) is 0.613. The van der Waals surface area contributed by atoms with Crippen molar-refractivity contribution in [1.82, 2.24) is 0 Å². The fraction of sp³-hybridized carbons (Fsp3) is 0.800. The van der Waals surface area contributed by atoms with Gasteiger partial charge in [-0.25, -0.2) is 0 Å². The molecule has 0 aromatic heterocycles. The molecule has 3 N–H and O–H groups in total. The van der Waals surface area contributed by atoms with E-state index in [0.29, 0.717) is 21.4 Å². The van der Waals surface area contributed by atoms with E-state index in [0.717, 1.165) is 5.32 Å². The minimum atomic E-state index is -0.890. The second-order valence-electron chi connectivity index (χ2n) is 1.73. The molecule has 0 bridgehead atoms. The molecule has 1 atom stereocenters. The van der Waals surface area contributed by atoms with Crippen molar-refractivity contribution in [3.63, 3.8) is 0 Å². The van der Waals surface area contributed by atoms with Crippen molar-refractivity contribution in [1.29, 1.82) is 0 Å². The maximum absolute atomic E-state index is 10.1. The second-order valence-corrected chi connectivity index (χ2v) is 3.79. The third kappa shape index (κ3) is 4.45. The molecule has 0 rings (SSSR count). The zero-order chi connectivity index (χ0) is 7.28. The van der Waals surface area contributed by atoms with Gasteiger partial charge in [0.25, 0.3) is 0 Å². The Kier molecular flexibility index (Phi) is 4.77. The van der Waals surface area contributed by atoms with Crippen LogP contribution in [0.1, 0.15) is 6.42 Å². The summed E-state index contributed by atoms with van der Waals surface area (Å²) in [6.45, 7) is 0.